The van der Waals surface area contributed by atoms with Gasteiger partial charge in [-0.25, -0.2) is 4.39 Å². The van der Waals surface area contributed by atoms with Gasteiger partial charge < -0.3 is 9.30 Å². The van der Waals surface area contributed by atoms with Gasteiger partial charge in [0, 0.05) is 23.6 Å². The lowest BCUT2D eigenvalue weighted by molar-refractivity contribution is 0.318. The predicted molar refractivity (Wildman–Crippen MR) is 83.2 cm³/mol. The Labute approximate surface area is 123 Å². The summed E-state index contributed by atoms with van der Waals surface area (Å²) in [5, 5.41) is 1.16. The van der Waals surface area contributed by atoms with E-state index in [1.807, 2.05) is 18.2 Å². The summed E-state index contributed by atoms with van der Waals surface area (Å²) in [7, 11) is 0. The monoisotopic (exact) mass is 283 g/mol. The van der Waals surface area contributed by atoms with Crippen molar-refractivity contribution in [1.29, 1.82) is 0 Å². The van der Waals surface area contributed by atoms with Crippen molar-refractivity contribution >= 4 is 10.9 Å². The lowest BCUT2D eigenvalue weighted by atomic mass is 10.2. The molecule has 0 N–H and O–H groups in total. The maximum absolute atomic E-state index is 12.9. The molecule has 0 spiro atoms. The second-order valence-corrected chi connectivity index (χ2v) is 5.14. The van der Waals surface area contributed by atoms with Gasteiger partial charge in [-0.1, -0.05) is 19.1 Å². The van der Waals surface area contributed by atoms with Gasteiger partial charge in [0.25, 0.3) is 0 Å². The average molecular weight is 283 g/mol. The van der Waals surface area contributed by atoms with E-state index in [-0.39, 0.29) is 5.82 Å². The van der Waals surface area contributed by atoms with Crippen LogP contribution in [0.3, 0.4) is 0 Å². The Bertz CT molecular complexity index is 731. The first kappa shape index (κ1) is 13.7. The van der Waals surface area contributed by atoms with Crippen LogP contribution in [-0.2, 0) is 6.54 Å². The van der Waals surface area contributed by atoms with E-state index < -0.39 is 0 Å². The largest absolute Gasteiger partial charge is 0.494 e. The van der Waals surface area contributed by atoms with Crippen molar-refractivity contribution in [2.75, 3.05) is 6.61 Å². The summed E-state index contributed by atoms with van der Waals surface area (Å²) in [6.07, 6.45) is 3.06. The molecule has 0 aliphatic carbocycles. The third kappa shape index (κ3) is 3.07. The molecule has 0 radical (unpaired) electrons. The zero-order valence-electron chi connectivity index (χ0n) is 12.1. The van der Waals surface area contributed by atoms with E-state index in [4.69, 9.17) is 4.74 Å². The third-order valence-electron chi connectivity index (χ3n) is 3.48. The Hall–Kier alpha value is -2.29. The fourth-order valence-electron chi connectivity index (χ4n) is 2.41. The van der Waals surface area contributed by atoms with Crippen LogP contribution in [0, 0.1) is 5.82 Å². The zero-order chi connectivity index (χ0) is 14.7. The van der Waals surface area contributed by atoms with Gasteiger partial charge >= 0.3 is 0 Å². The summed E-state index contributed by atoms with van der Waals surface area (Å²) in [6.45, 7) is 3.57. The molecule has 0 fully saturated rings. The molecule has 0 saturated carbocycles. The smallest absolute Gasteiger partial charge is 0.123 e. The van der Waals surface area contributed by atoms with Gasteiger partial charge in [-0.05, 0) is 48.4 Å². The lowest BCUT2D eigenvalue weighted by Gasteiger charge is -2.07. The Morgan fingerprint density at radius 2 is 1.86 bits per heavy atom. The van der Waals surface area contributed by atoms with Gasteiger partial charge in [0.05, 0.1) is 6.61 Å². The maximum Gasteiger partial charge on any atom is 0.123 e. The van der Waals surface area contributed by atoms with Gasteiger partial charge in [-0.3, -0.25) is 0 Å². The summed E-state index contributed by atoms with van der Waals surface area (Å²) < 4.78 is 20.8. The predicted octanol–water partition coefficient (Wildman–Crippen LogP) is 4.62. The first-order chi connectivity index (χ1) is 10.3. The number of nitrogens with zero attached hydrogens (tertiary/aromatic N) is 1. The van der Waals surface area contributed by atoms with Crippen LogP contribution in [0.5, 0.6) is 5.75 Å². The van der Waals surface area contributed by atoms with Gasteiger partial charge in [0.2, 0.25) is 0 Å². The molecular weight excluding hydrogens is 265 g/mol. The summed E-state index contributed by atoms with van der Waals surface area (Å²) in [5.41, 5.74) is 2.24. The molecule has 108 valence electrons. The van der Waals surface area contributed by atoms with Crippen LogP contribution in [0.25, 0.3) is 10.9 Å². The van der Waals surface area contributed by atoms with E-state index in [1.54, 1.807) is 0 Å². The summed E-state index contributed by atoms with van der Waals surface area (Å²) >= 11 is 0. The minimum atomic E-state index is -0.200. The van der Waals surface area contributed by atoms with Gasteiger partial charge in [0.1, 0.15) is 11.6 Å². The molecule has 1 heterocycles. The molecule has 3 aromatic rings. The number of ether oxygens (including phenoxy) is 1. The molecule has 3 heteroatoms. The van der Waals surface area contributed by atoms with Crippen molar-refractivity contribution in [3.05, 3.63) is 66.1 Å². The number of aromatic nitrogens is 1. The van der Waals surface area contributed by atoms with Crippen molar-refractivity contribution in [1.82, 2.24) is 4.57 Å². The number of fused-ring (bicyclic) bond motifs is 1. The fourth-order valence-corrected chi connectivity index (χ4v) is 2.41. The normalized spacial score (nSPS) is 11.0. The van der Waals surface area contributed by atoms with Crippen molar-refractivity contribution in [3.8, 4) is 5.75 Å². The van der Waals surface area contributed by atoms with E-state index in [0.717, 1.165) is 41.8 Å². The number of hydrogen-bond donors (Lipinski definition) is 0. The van der Waals surface area contributed by atoms with Crippen LogP contribution in [0.1, 0.15) is 18.9 Å². The second-order valence-electron chi connectivity index (χ2n) is 5.14. The number of hydrogen-bond acceptors (Lipinski definition) is 1. The molecule has 0 aliphatic heterocycles. The summed E-state index contributed by atoms with van der Waals surface area (Å²) in [4.78, 5) is 0. The Morgan fingerprint density at radius 3 is 2.62 bits per heavy atom. The number of halogens is 1. The highest BCUT2D eigenvalue weighted by Crippen LogP contribution is 2.23. The molecule has 0 atom stereocenters. The molecule has 0 amide bonds. The van der Waals surface area contributed by atoms with E-state index in [1.165, 1.54) is 12.1 Å². The zero-order valence-corrected chi connectivity index (χ0v) is 12.1. The Morgan fingerprint density at radius 1 is 1.05 bits per heavy atom. The first-order valence-electron chi connectivity index (χ1n) is 7.22. The van der Waals surface area contributed by atoms with E-state index in [2.05, 4.69) is 35.9 Å². The number of benzene rings is 2. The average Bonchev–Trinajstić information content (AvgIpc) is 2.90. The van der Waals surface area contributed by atoms with E-state index >= 15 is 0 Å². The molecule has 3 rings (SSSR count). The molecule has 21 heavy (non-hydrogen) atoms. The van der Waals surface area contributed by atoms with E-state index in [0.29, 0.717) is 0 Å². The fraction of sp³-hybridized carbons (Fsp3) is 0.222. The van der Waals surface area contributed by atoms with Crippen LogP contribution in [0.2, 0.25) is 0 Å². The van der Waals surface area contributed by atoms with Gasteiger partial charge in [0.15, 0.2) is 0 Å². The summed E-state index contributed by atoms with van der Waals surface area (Å²) in [5.74, 6) is 0.706. The standard InChI is InChI=1S/C18H18FNO/c1-2-11-21-17-7-8-18-15(12-17)9-10-20(18)13-14-3-5-16(19)6-4-14/h3-10,12H,2,11,13H2,1H3. The minimum Gasteiger partial charge on any atom is -0.494 e. The minimum absolute atomic E-state index is 0.200. The molecule has 0 bridgehead atoms. The number of rotatable bonds is 5. The second kappa shape index (κ2) is 6.00. The van der Waals surface area contributed by atoms with Crippen molar-refractivity contribution in [2.24, 2.45) is 0 Å². The topological polar surface area (TPSA) is 14.2 Å². The molecule has 1 aromatic heterocycles. The van der Waals surface area contributed by atoms with E-state index in [9.17, 15) is 4.39 Å². The van der Waals surface area contributed by atoms with Crippen molar-refractivity contribution < 1.29 is 9.13 Å². The lowest BCUT2D eigenvalue weighted by Crippen LogP contribution is -1.98. The maximum atomic E-state index is 12.9. The van der Waals surface area contributed by atoms with Crippen molar-refractivity contribution in [3.63, 3.8) is 0 Å². The van der Waals surface area contributed by atoms with Crippen LogP contribution < -0.4 is 4.74 Å². The van der Waals surface area contributed by atoms with Crippen LogP contribution >= 0.6 is 0 Å². The van der Waals surface area contributed by atoms with Crippen LogP contribution in [0.4, 0.5) is 4.39 Å². The van der Waals surface area contributed by atoms with Gasteiger partial charge in [-0.2, -0.15) is 0 Å². The summed E-state index contributed by atoms with van der Waals surface area (Å²) in [6, 6.07) is 14.8. The Kier molecular flexibility index (Phi) is 3.91. The Balaban J connectivity index is 1.84. The highest BCUT2D eigenvalue weighted by Gasteiger charge is 2.04. The van der Waals surface area contributed by atoms with Gasteiger partial charge in [-0.15, -0.1) is 0 Å². The van der Waals surface area contributed by atoms with Crippen LogP contribution in [0.15, 0.2) is 54.7 Å². The highest BCUT2D eigenvalue weighted by molar-refractivity contribution is 5.81. The third-order valence-corrected chi connectivity index (χ3v) is 3.48. The molecule has 0 unspecified atom stereocenters. The van der Waals surface area contributed by atoms with Crippen molar-refractivity contribution in [2.45, 2.75) is 19.9 Å². The molecule has 2 nitrogen and oxygen atoms in total. The first-order valence-corrected chi connectivity index (χ1v) is 7.22. The van der Waals surface area contributed by atoms with Crippen LogP contribution in [-0.4, -0.2) is 11.2 Å². The molecular formula is C18H18FNO. The SMILES string of the molecule is CCCOc1ccc2c(ccn2Cc2ccc(F)cc2)c1. The molecule has 2 aromatic carbocycles. The molecule has 0 saturated heterocycles. The highest BCUT2D eigenvalue weighted by atomic mass is 19.1. The quantitative estimate of drug-likeness (QED) is 0.666. The molecule has 0 aliphatic rings.